The summed E-state index contributed by atoms with van der Waals surface area (Å²) in [6.07, 6.45) is 2.00. The van der Waals surface area contributed by atoms with E-state index in [-0.39, 0.29) is 11.6 Å². The lowest BCUT2D eigenvalue weighted by molar-refractivity contribution is 0.627. The van der Waals surface area contributed by atoms with Gasteiger partial charge in [-0.3, -0.25) is 0 Å². The Morgan fingerprint density at radius 3 is 1.78 bits per heavy atom. The predicted octanol–water partition coefficient (Wildman–Crippen LogP) is 6.08. The Morgan fingerprint density at radius 1 is 0.750 bits per heavy atom. The van der Waals surface area contributed by atoms with Gasteiger partial charge in [0.1, 0.15) is 17.5 Å². The molecule has 0 radical (unpaired) electrons. The van der Waals surface area contributed by atoms with E-state index in [1.807, 2.05) is 58.9 Å². The number of hydrogen-bond acceptors (Lipinski definition) is 3. The van der Waals surface area contributed by atoms with Gasteiger partial charge in [0.2, 0.25) is 0 Å². The molecular formula is C25H23ClF2N4. The third-order valence-corrected chi connectivity index (χ3v) is 5.50. The van der Waals surface area contributed by atoms with E-state index in [0.717, 1.165) is 28.6 Å². The average molecular weight is 453 g/mol. The van der Waals surface area contributed by atoms with Crippen LogP contribution in [0, 0.1) is 11.6 Å². The Hall–Kier alpha value is -3.38. The van der Waals surface area contributed by atoms with Crippen molar-refractivity contribution in [2.45, 2.75) is 13.1 Å². The molecule has 0 unspecified atom stereocenters. The zero-order valence-corrected chi connectivity index (χ0v) is 18.6. The van der Waals surface area contributed by atoms with Gasteiger partial charge in [-0.15, -0.1) is 0 Å². The molecule has 4 rings (SSSR count). The number of imidazole rings is 1. The highest BCUT2D eigenvalue weighted by atomic mass is 35.5. The maximum atomic E-state index is 13.3. The predicted molar refractivity (Wildman–Crippen MR) is 126 cm³/mol. The van der Waals surface area contributed by atoms with E-state index in [1.165, 1.54) is 24.3 Å². The molecule has 7 heteroatoms. The first-order chi connectivity index (χ1) is 15.4. The van der Waals surface area contributed by atoms with Crippen LogP contribution in [0.1, 0.15) is 11.5 Å². The van der Waals surface area contributed by atoms with Gasteiger partial charge >= 0.3 is 0 Å². The highest BCUT2D eigenvalue weighted by Gasteiger charge is 2.14. The fourth-order valence-corrected chi connectivity index (χ4v) is 3.64. The van der Waals surface area contributed by atoms with Crippen LogP contribution in [-0.2, 0) is 13.1 Å². The SMILES string of the molecule is CN(Cc1cn(-c2ccc(Cl)cc2)c(CN(C)c2ccc(F)cc2)n1)c1ccc(F)cc1. The molecule has 0 spiro atoms. The van der Waals surface area contributed by atoms with E-state index >= 15 is 0 Å². The highest BCUT2D eigenvalue weighted by Crippen LogP contribution is 2.22. The van der Waals surface area contributed by atoms with E-state index in [4.69, 9.17) is 16.6 Å². The molecule has 3 aromatic carbocycles. The second-order valence-corrected chi connectivity index (χ2v) is 8.10. The van der Waals surface area contributed by atoms with Gasteiger partial charge in [0, 0.05) is 42.4 Å². The van der Waals surface area contributed by atoms with Crippen LogP contribution >= 0.6 is 11.6 Å². The second kappa shape index (κ2) is 9.40. The summed E-state index contributed by atoms with van der Waals surface area (Å²) in [5, 5.41) is 0.662. The largest absolute Gasteiger partial charge is 0.369 e. The van der Waals surface area contributed by atoms with Crippen LogP contribution in [0.4, 0.5) is 20.2 Å². The molecule has 0 saturated carbocycles. The summed E-state index contributed by atoms with van der Waals surface area (Å²) in [5.74, 6) is 0.304. The van der Waals surface area contributed by atoms with E-state index in [9.17, 15) is 8.78 Å². The van der Waals surface area contributed by atoms with Gasteiger partial charge in [-0.25, -0.2) is 13.8 Å². The number of benzene rings is 3. The monoisotopic (exact) mass is 452 g/mol. The van der Waals surface area contributed by atoms with Crippen LogP contribution in [0.25, 0.3) is 5.69 Å². The fourth-order valence-electron chi connectivity index (χ4n) is 3.51. The number of anilines is 2. The Bertz CT molecular complexity index is 1170. The maximum absolute atomic E-state index is 13.3. The topological polar surface area (TPSA) is 24.3 Å². The summed E-state index contributed by atoms with van der Waals surface area (Å²) in [7, 11) is 3.89. The van der Waals surface area contributed by atoms with Crippen LogP contribution in [0.5, 0.6) is 0 Å². The first-order valence-electron chi connectivity index (χ1n) is 10.2. The lowest BCUT2D eigenvalue weighted by atomic mass is 10.3. The fraction of sp³-hybridized carbons (Fsp3) is 0.160. The number of aromatic nitrogens is 2. The molecule has 0 aliphatic carbocycles. The molecule has 0 atom stereocenters. The molecule has 164 valence electrons. The minimum atomic E-state index is -0.268. The maximum Gasteiger partial charge on any atom is 0.133 e. The lowest BCUT2D eigenvalue weighted by Crippen LogP contribution is -2.19. The summed E-state index contributed by atoms with van der Waals surface area (Å²) in [4.78, 5) is 8.90. The van der Waals surface area contributed by atoms with Crippen molar-refractivity contribution < 1.29 is 8.78 Å². The Morgan fingerprint density at radius 2 is 1.25 bits per heavy atom. The van der Waals surface area contributed by atoms with Gasteiger partial charge in [0.25, 0.3) is 0 Å². The van der Waals surface area contributed by atoms with Crippen LogP contribution in [-0.4, -0.2) is 23.6 Å². The Kier molecular flexibility index (Phi) is 6.42. The molecular weight excluding hydrogens is 430 g/mol. The van der Waals surface area contributed by atoms with Crippen LogP contribution < -0.4 is 9.80 Å². The quantitative estimate of drug-likeness (QED) is 0.340. The van der Waals surface area contributed by atoms with Gasteiger partial charge in [0.05, 0.1) is 18.8 Å². The van der Waals surface area contributed by atoms with Crippen molar-refractivity contribution in [2.75, 3.05) is 23.9 Å². The number of halogens is 3. The zero-order chi connectivity index (χ0) is 22.7. The molecule has 0 saturated heterocycles. The van der Waals surface area contributed by atoms with E-state index < -0.39 is 0 Å². The number of rotatable bonds is 7. The summed E-state index contributed by atoms with van der Waals surface area (Å²) >= 11 is 6.07. The van der Waals surface area contributed by atoms with Gasteiger partial charge in [0.15, 0.2) is 0 Å². The van der Waals surface area contributed by atoms with Crippen LogP contribution in [0.15, 0.2) is 79.0 Å². The van der Waals surface area contributed by atoms with Crippen molar-refractivity contribution in [2.24, 2.45) is 0 Å². The van der Waals surface area contributed by atoms with Crippen molar-refractivity contribution in [1.82, 2.24) is 9.55 Å². The molecule has 0 N–H and O–H groups in total. The van der Waals surface area contributed by atoms with Crippen molar-refractivity contribution in [3.8, 4) is 5.69 Å². The molecule has 0 aliphatic heterocycles. The summed E-state index contributed by atoms with van der Waals surface area (Å²) in [6.45, 7) is 1.08. The summed E-state index contributed by atoms with van der Waals surface area (Å²) < 4.78 is 28.6. The molecule has 4 nitrogen and oxygen atoms in total. The normalized spacial score (nSPS) is 10.9. The first kappa shape index (κ1) is 21.8. The number of hydrogen-bond donors (Lipinski definition) is 0. The molecule has 4 aromatic rings. The molecule has 1 heterocycles. The Labute approximate surface area is 191 Å². The molecule has 0 amide bonds. The minimum Gasteiger partial charge on any atom is -0.369 e. The Balaban J connectivity index is 1.62. The zero-order valence-electron chi connectivity index (χ0n) is 17.8. The average Bonchev–Trinajstić information content (AvgIpc) is 3.17. The molecule has 1 aromatic heterocycles. The van der Waals surface area contributed by atoms with Crippen LogP contribution in [0.3, 0.4) is 0 Å². The van der Waals surface area contributed by atoms with Gasteiger partial charge in [-0.1, -0.05) is 11.6 Å². The third-order valence-electron chi connectivity index (χ3n) is 5.25. The van der Waals surface area contributed by atoms with E-state index in [2.05, 4.69) is 0 Å². The first-order valence-corrected chi connectivity index (χ1v) is 10.5. The lowest BCUT2D eigenvalue weighted by Gasteiger charge is -2.19. The smallest absolute Gasteiger partial charge is 0.133 e. The summed E-state index contributed by atoms with van der Waals surface area (Å²) in [5.41, 5.74) is 3.61. The number of nitrogens with zero attached hydrogens (tertiary/aromatic N) is 4. The van der Waals surface area contributed by atoms with Crippen molar-refractivity contribution >= 4 is 23.0 Å². The van der Waals surface area contributed by atoms with Crippen molar-refractivity contribution in [1.29, 1.82) is 0 Å². The molecule has 0 aliphatic rings. The van der Waals surface area contributed by atoms with Gasteiger partial charge in [-0.2, -0.15) is 0 Å². The van der Waals surface area contributed by atoms with E-state index in [1.54, 1.807) is 24.3 Å². The molecule has 32 heavy (non-hydrogen) atoms. The minimum absolute atomic E-state index is 0.264. The van der Waals surface area contributed by atoms with E-state index in [0.29, 0.717) is 18.1 Å². The van der Waals surface area contributed by atoms with Crippen molar-refractivity contribution in [3.63, 3.8) is 0 Å². The molecule has 0 fully saturated rings. The van der Waals surface area contributed by atoms with Gasteiger partial charge < -0.3 is 14.4 Å². The summed E-state index contributed by atoms with van der Waals surface area (Å²) in [6, 6.07) is 20.3. The standard InChI is InChI=1S/C25H23ClF2N4/c1-30(22-11-5-19(27)6-12-22)15-21-16-32(24-9-3-18(26)4-10-24)25(29-21)17-31(2)23-13-7-20(28)8-14-23/h3-14,16H,15,17H2,1-2H3. The third kappa shape index (κ3) is 5.08. The second-order valence-electron chi connectivity index (χ2n) is 7.66. The van der Waals surface area contributed by atoms with Gasteiger partial charge in [-0.05, 0) is 72.8 Å². The van der Waals surface area contributed by atoms with Crippen molar-refractivity contribution in [3.05, 3.63) is 107 Å². The van der Waals surface area contributed by atoms with Crippen LogP contribution in [0.2, 0.25) is 5.02 Å². The molecule has 0 bridgehead atoms. The highest BCUT2D eigenvalue weighted by molar-refractivity contribution is 6.30.